The number of thioether (sulfide) groups is 1. The van der Waals surface area contributed by atoms with Crippen LogP contribution in [0.2, 0.25) is 0 Å². The fourth-order valence-electron chi connectivity index (χ4n) is 3.67. The number of rotatable bonds is 8. The number of aromatic nitrogens is 7. The molecule has 4 rings (SSSR count). The average Bonchev–Trinajstić information content (AvgIpc) is 3.35. The van der Waals surface area contributed by atoms with Gasteiger partial charge in [0.05, 0.1) is 11.4 Å². The van der Waals surface area contributed by atoms with Crippen molar-refractivity contribution in [1.29, 1.82) is 0 Å². The number of aryl methyl sites for hydroxylation is 4. The average molecular weight is 477 g/mol. The molecule has 1 N–H and O–H groups in total. The molecule has 0 bridgehead atoms. The molecule has 9 nitrogen and oxygen atoms in total. The summed E-state index contributed by atoms with van der Waals surface area (Å²) >= 11 is 1.36. The molecule has 0 aliphatic heterocycles. The topological polar surface area (TPSA) is 103 Å². The zero-order valence-corrected chi connectivity index (χ0v) is 20.8. The molecule has 0 fully saturated rings. The maximum atomic E-state index is 12.8. The van der Waals surface area contributed by atoms with E-state index in [9.17, 15) is 4.79 Å². The van der Waals surface area contributed by atoms with Crippen LogP contribution in [0.5, 0.6) is 0 Å². The molecule has 0 saturated heterocycles. The van der Waals surface area contributed by atoms with Crippen molar-refractivity contribution in [1.82, 2.24) is 34.5 Å². The normalized spacial score (nSPS) is 11.1. The van der Waals surface area contributed by atoms with E-state index in [0.29, 0.717) is 11.8 Å². The molecule has 10 heteroatoms. The van der Waals surface area contributed by atoms with Crippen molar-refractivity contribution in [2.75, 3.05) is 11.1 Å². The largest absolute Gasteiger partial charge is 0.310 e. The number of amides is 1. The Morgan fingerprint density at radius 2 is 1.76 bits per heavy atom. The minimum Gasteiger partial charge on any atom is -0.310 e. The number of hydrogen-bond acceptors (Lipinski definition) is 7. The molecule has 176 valence electrons. The molecule has 34 heavy (non-hydrogen) atoms. The van der Waals surface area contributed by atoms with Gasteiger partial charge in [-0.3, -0.25) is 4.79 Å². The van der Waals surface area contributed by atoms with Crippen LogP contribution < -0.4 is 5.32 Å². The predicted molar refractivity (Wildman–Crippen MR) is 133 cm³/mol. The Labute approximate surface area is 203 Å². The standard InChI is InChI=1S/C24H28N8OS/c1-6-10-31-22(19-9-7-8-15(2)11-19)28-29-24(31)34-14-21(33)27-20-13-18(5)30-32(20)23-25-16(3)12-17(4)26-23/h7-9,11-13H,6,10,14H2,1-5H3,(H,27,33). The van der Waals surface area contributed by atoms with Crippen molar-refractivity contribution < 1.29 is 4.79 Å². The van der Waals surface area contributed by atoms with Crippen LogP contribution in [0.4, 0.5) is 5.82 Å². The molecule has 0 radical (unpaired) electrons. The van der Waals surface area contributed by atoms with Crippen LogP contribution in [-0.4, -0.2) is 46.2 Å². The van der Waals surface area contributed by atoms with Crippen LogP contribution in [0.3, 0.4) is 0 Å². The van der Waals surface area contributed by atoms with Gasteiger partial charge in [-0.25, -0.2) is 9.97 Å². The number of carbonyl (C=O) groups is 1. The van der Waals surface area contributed by atoms with Gasteiger partial charge in [-0.1, -0.05) is 42.4 Å². The van der Waals surface area contributed by atoms with Crippen LogP contribution in [0.1, 0.15) is 36.0 Å². The lowest BCUT2D eigenvalue weighted by Crippen LogP contribution is -2.18. The van der Waals surface area contributed by atoms with Crippen molar-refractivity contribution in [3.8, 4) is 17.3 Å². The van der Waals surface area contributed by atoms with E-state index in [-0.39, 0.29) is 11.7 Å². The van der Waals surface area contributed by atoms with Gasteiger partial charge in [-0.05, 0) is 46.2 Å². The summed E-state index contributed by atoms with van der Waals surface area (Å²) < 4.78 is 3.64. The molecule has 3 aromatic heterocycles. The van der Waals surface area contributed by atoms with Crippen molar-refractivity contribution >= 4 is 23.5 Å². The van der Waals surface area contributed by atoms with Crippen LogP contribution in [-0.2, 0) is 11.3 Å². The molecule has 3 heterocycles. The van der Waals surface area contributed by atoms with Gasteiger partial charge in [-0.2, -0.15) is 9.78 Å². The Hall–Kier alpha value is -3.53. The molecule has 1 aromatic carbocycles. The van der Waals surface area contributed by atoms with Gasteiger partial charge in [0.25, 0.3) is 5.95 Å². The molecule has 0 unspecified atom stereocenters. The van der Waals surface area contributed by atoms with E-state index in [4.69, 9.17) is 0 Å². The fraction of sp³-hybridized carbons (Fsp3) is 0.333. The zero-order valence-electron chi connectivity index (χ0n) is 20.0. The van der Waals surface area contributed by atoms with Gasteiger partial charge >= 0.3 is 0 Å². The maximum absolute atomic E-state index is 12.8. The first-order valence-electron chi connectivity index (χ1n) is 11.2. The van der Waals surface area contributed by atoms with E-state index in [2.05, 4.69) is 61.1 Å². The Morgan fingerprint density at radius 1 is 1.00 bits per heavy atom. The van der Waals surface area contributed by atoms with E-state index in [1.54, 1.807) is 10.7 Å². The smallest absolute Gasteiger partial charge is 0.252 e. The van der Waals surface area contributed by atoms with Crippen LogP contribution in [0.25, 0.3) is 17.3 Å². The second kappa shape index (κ2) is 10.2. The third-order valence-corrected chi connectivity index (χ3v) is 6.00. The molecule has 4 aromatic rings. The Balaban J connectivity index is 1.50. The lowest BCUT2D eigenvalue weighted by Gasteiger charge is -2.10. The van der Waals surface area contributed by atoms with Crippen LogP contribution >= 0.6 is 11.8 Å². The zero-order chi connectivity index (χ0) is 24.2. The van der Waals surface area contributed by atoms with Gasteiger partial charge in [-0.15, -0.1) is 10.2 Å². The number of nitrogens with zero attached hydrogens (tertiary/aromatic N) is 7. The van der Waals surface area contributed by atoms with Gasteiger partial charge in [0.1, 0.15) is 5.82 Å². The molecule has 0 atom stereocenters. The SMILES string of the molecule is CCCn1c(SCC(=O)Nc2cc(C)nn2-c2nc(C)cc(C)n2)nnc1-c1cccc(C)c1. The summed E-state index contributed by atoms with van der Waals surface area (Å²) in [7, 11) is 0. The first-order valence-corrected chi connectivity index (χ1v) is 12.1. The number of anilines is 1. The highest BCUT2D eigenvalue weighted by molar-refractivity contribution is 7.99. The third-order valence-electron chi connectivity index (χ3n) is 5.03. The highest BCUT2D eigenvalue weighted by Crippen LogP contribution is 2.25. The van der Waals surface area contributed by atoms with Crippen molar-refractivity contribution in [3.05, 3.63) is 59.0 Å². The summed E-state index contributed by atoms with van der Waals surface area (Å²) in [6, 6.07) is 11.9. The highest BCUT2D eigenvalue weighted by Gasteiger charge is 2.17. The molecular weight excluding hydrogens is 448 g/mol. The lowest BCUT2D eigenvalue weighted by molar-refractivity contribution is -0.113. The summed E-state index contributed by atoms with van der Waals surface area (Å²) in [4.78, 5) is 21.8. The van der Waals surface area contributed by atoms with Gasteiger partial charge in [0, 0.05) is 29.6 Å². The van der Waals surface area contributed by atoms with E-state index in [1.807, 2.05) is 39.0 Å². The third kappa shape index (κ3) is 5.33. The van der Waals surface area contributed by atoms with Gasteiger partial charge < -0.3 is 9.88 Å². The van der Waals surface area contributed by atoms with E-state index in [1.165, 1.54) is 11.8 Å². The molecule has 0 aliphatic rings. The summed E-state index contributed by atoms with van der Waals surface area (Å²) in [6.07, 6.45) is 0.935. The Bertz CT molecular complexity index is 1310. The second-order valence-corrected chi connectivity index (χ2v) is 9.14. The molecular formula is C24H28N8OS. The summed E-state index contributed by atoms with van der Waals surface area (Å²) in [5, 5.41) is 16.9. The maximum Gasteiger partial charge on any atom is 0.252 e. The number of hydrogen-bond donors (Lipinski definition) is 1. The minimum atomic E-state index is -0.168. The molecule has 0 spiro atoms. The minimum absolute atomic E-state index is 0.168. The Morgan fingerprint density at radius 3 is 2.47 bits per heavy atom. The Kier molecular flexibility index (Phi) is 7.06. The number of nitrogens with one attached hydrogen (secondary N) is 1. The summed E-state index contributed by atoms with van der Waals surface area (Å²) in [6.45, 7) is 10.6. The van der Waals surface area contributed by atoms with Crippen molar-refractivity contribution in [2.24, 2.45) is 0 Å². The quantitative estimate of drug-likeness (QED) is 0.378. The van der Waals surface area contributed by atoms with Gasteiger partial charge in [0.2, 0.25) is 5.91 Å². The predicted octanol–water partition coefficient (Wildman–Crippen LogP) is 4.30. The fourth-order valence-corrected chi connectivity index (χ4v) is 4.43. The van der Waals surface area contributed by atoms with E-state index in [0.717, 1.165) is 52.2 Å². The van der Waals surface area contributed by atoms with Crippen LogP contribution in [0, 0.1) is 27.7 Å². The highest BCUT2D eigenvalue weighted by atomic mass is 32.2. The number of benzene rings is 1. The van der Waals surface area contributed by atoms with E-state index < -0.39 is 0 Å². The van der Waals surface area contributed by atoms with Crippen LogP contribution in [0.15, 0.2) is 41.6 Å². The molecule has 0 saturated carbocycles. The first-order chi connectivity index (χ1) is 16.3. The lowest BCUT2D eigenvalue weighted by atomic mass is 10.1. The first kappa shape index (κ1) is 23.6. The molecule has 1 amide bonds. The van der Waals surface area contributed by atoms with Crippen molar-refractivity contribution in [3.63, 3.8) is 0 Å². The number of carbonyl (C=O) groups excluding carboxylic acids is 1. The summed E-state index contributed by atoms with van der Waals surface area (Å²) in [5.74, 6) is 1.79. The summed E-state index contributed by atoms with van der Waals surface area (Å²) in [5.41, 5.74) is 4.62. The van der Waals surface area contributed by atoms with E-state index >= 15 is 0 Å². The monoisotopic (exact) mass is 476 g/mol. The van der Waals surface area contributed by atoms with Crippen molar-refractivity contribution in [2.45, 2.75) is 52.7 Å². The second-order valence-electron chi connectivity index (χ2n) is 8.20. The van der Waals surface area contributed by atoms with Gasteiger partial charge in [0.15, 0.2) is 11.0 Å². The molecule has 0 aliphatic carbocycles.